The van der Waals surface area contributed by atoms with Crippen LogP contribution in [0.1, 0.15) is 25.7 Å². The van der Waals surface area contributed by atoms with Crippen molar-refractivity contribution in [3.63, 3.8) is 0 Å². The van der Waals surface area contributed by atoms with E-state index in [1.165, 1.54) is 23.9 Å². The van der Waals surface area contributed by atoms with E-state index in [0.717, 1.165) is 25.1 Å². The first-order valence-corrected chi connectivity index (χ1v) is 9.43. The van der Waals surface area contributed by atoms with Crippen molar-refractivity contribution in [2.45, 2.75) is 37.8 Å². The molecule has 0 spiro atoms. The molecule has 4 rings (SSSR count). The van der Waals surface area contributed by atoms with Gasteiger partial charge in [0.25, 0.3) is 0 Å². The summed E-state index contributed by atoms with van der Waals surface area (Å²) in [5, 5.41) is 25.9. The highest BCUT2D eigenvalue weighted by atomic mass is 16.4. The van der Waals surface area contributed by atoms with Crippen LogP contribution in [-0.2, 0) is 4.79 Å². The van der Waals surface area contributed by atoms with Crippen LogP contribution in [0.5, 0.6) is 0 Å². The van der Waals surface area contributed by atoms with Gasteiger partial charge in [0.2, 0.25) is 0 Å². The van der Waals surface area contributed by atoms with Crippen molar-refractivity contribution >= 4 is 17.7 Å². The highest BCUT2D eigenvalue weighted by molar-refractivity contribution is 5.89. The van der Waals surface area contributed by atoms with Crippen molar-refractivity contribution in [3.05, 3.63) is 30.6 Å². The first-order chi connectivity index (χ1) is 13.6. The maximum absolute atomic E-state index is 12.2. The summed E-state index contributed by atoms with van der Waals surface area (Å²) in [6, 6.07) is 7.23. The van der Waals surface area contributed by atoms with Crippen LogP contribution in [0.2, 0.25) is 0 Å². The van der Waals surface area contributed by atoms with Crippen molar-refractivity contribution in [2.75, 3.05) is 18.4 Å². The van der Waals surface area contributed by atoms with Crippen LogP contribution < -0.4 is 10.6 Å². The van der Waals surface area contributed by atoms with Gasteiger partial charge in [0.15, 0.2) is 0 Å². The molecule has 1 aromatic heterocycles. The fourth-order valence-corrected chi connectivity index (χ4v) is 3.48. The van der Waals surface area contributed by atoms with E-state index in [2.05, 4.69) is 26.2 Å². The summed E-state index contributed by atoms with van der Waals surface area (Å²) >= 11 is 0. The zero-order valence-electron chi connectivity index (χ0n) is 15.4. The highest BCUT2D eigenvalue weighted by Crippen LogP contribution is 2.33. The van der Waals surface area contributed by atoms with Crippen LogP contribution in [0, 0.1) is 5.92 Å². The van der Waals surface area contributed by atoms with Gasteiger partial charge in [-0.15, -0.1) is 5.10 Å². The third-order valence-electron chi connectivity index (χ3n) is 5.23. The predicted octanol–water partition coefficient (Wildman–Crippen LogP) is 1.11. The van der Waals surface area contributed by atoms with Gasteiger partial charge in [-0.05, 0) is 66.3 Å². The fourth-order valence-electron chi connectivity index (χ4n) is 3.48. The molecular formula is C18H23N7O3. The number of amides is 2. The third kappa shape index (κ3) is 4.63. The second kappa shape index (κ2) is 7.93. The third-order valence-corrected chi connectivity index (χ3v) is 5.23. The lowest BCUT2D eigenvalue weighted by atomic mass is 9.85. The van der Waals surface area contributed by atoms with Crippen LogP contribution in [0.15, 0.2) is 30.6 Å². The Morgan fingerprint density at radius 3 is 2.57 bits per heavy atom. The molecule has 0 unspecified atom stereocenters. The van der Waals surface area contributed by atoms with Crippen LogP contribution in [0.25, 0.3) is 5.69 Å². The van der Waals surface area contributed by atoms with Crippen LogP contribution in [0.4, 0.5) is 10.5 Å². The molecule has 1 aromatic carbocycles. The smallest absolute Gasteiger partial charge is 0.319 e. The SMILES string of the molecule is O=C(O)CN(CC1CC1)C1CC(NC(=O)Nc2ccc(-n3cnnn3)cc2)C1. The van der Waals surface area contributed by atoms with Crippen LogP contribution in [0.3, 0.4) is 0 Å². The largest absolute Gasteiger partial charge is 0.480 e. The van der Waals surface area contributed by atoms with E-state index in [0.29, 0.717) is 11.6 Å². The van der Waals surface area contributed by atoms with Crippen molar-refractivity contribution in [1.82, 2.24) is 30.4 Å². The van der Waals surface area contributed by atoms with E-state index in [4.69, 9.17) is 5.11 Å². The molecule has 10 nitrogen and oxygen atoms in total. The number of carboxylic acid groups (broad SMARTS) is 1. The number of carbonyl (C=O) groups is 2. The van der Waals surface area contributed by atoms with E-state index in [1.807, 2.05) is 17.0 Å². The topological polar surface area (TPSA) is 125 Å². The Hall–Kier alpha value is -3.01. The maximum Gasteiger partial charge on any atom is 0.319 e. The van der Waals surface area contributed by atoms with Crippen molar-refractivity contribution in [2.24, 2.45) is 5.92 Å². The van der Waals surface area contributed by atoms with Crippen LogP contribution >= 0.6 is 0 Å². The first-order valence-electron chi connectivity index (χ1n) is 9.43. The number of hydrogen-bond acceptors (Lipinski definition) is 6. The average molecular weight is 385 g/mol. The molecule has 2 aromatic rings. The molecule has 1 heterocycles. The van der Waals surface area contributed by atoms with E-state index in [9.17, 15) is 9.59 Å². The Balaban J connectivity index is 1.23. The minimum Gasteiger partial charge on any atom is -0.480 e. The van der Waals surface area contributed by atoms with E-state index < -0.39 is 5.97 Å². The zero-order chi connectivity index (χ0) is 19.5. The van der Waals surface area contributed by atoms with E-state index >= 15 is 0 Å². The number of nitrogens with zero attached hydrogens (tertiary/aromatic N) is 5. The van der Waals surface area contributed by atoms with E-state index in [1.54, 1.807) is 12.1 Å². The normalized spacial score (nSPS) is 21.2. The molecule has 2 aliphatic carbocycles. The number of hydrogen-bond donors (Lipinski definition) is 3. The second-order valence-electron chi connectivity index (χ2n) is 7.49. The highest BCUT2D eigenvalue weighted by Gasteiger charge is 2.37. The molecule has 0 saturated heterocycles. The Bertz CT molecular complexity index is 814. The van der Waals surface area contributed by atoms with E-state index in [-0.39, 0.29) is 24.7 Å². The lowest BCUT2D eigenvalue weighted by Gasteiger charge is -2.42. The quantitative estimate of drug-likeness (QED) is 0.621. The molecule has 2 amide bonds. The molecule has 0 radical (unpaired) electrons. The monoisotopic (exact) mass is 385 g/mol. The van der Waals surface area contributed by atoms with Gasteiger partial charge >= 0.3 is 12.0 Å². The summed E-state index contributed by atoms with van der Waals surface area (Å²) < 4.78 is 1.53. The lowest BCUT2D eigenvalue weighted by molar-refractivity contribution is -0.139. The molecule has 3 N–H and O–H groups in total. The summed E-state index contributed by atoms with van der Waals surface area (Å²) in [4.78, 5) is 25.3. The zero-order valence-corrected chi connectivity index (χ0v) is 15.4. The molecule has 10 heteroatoms. The van der Waals surface area contributed by atoms with Gasteiger partial charge in [-0.2, -0.15) is 0 Å². The maximum atomic E-state index is 12.2. The molecule has 0 atom stereocenters. The summed E-state index contributed by atoms with van der Waals surface area (Å²) in [7, 11) is 0. The van der Waals surface area contributed by atoms with Gasteiger partial charge in [-0.25, -0.2) is 9.48 Å². The standard InChI is InChI=1S/C18H23N7O3/c26-17(27)10-24(9-12-1-2-12)16-7-14(8-16)21-18(28)20-13-3-5-15(6-4-13)25-11-19-22-23-25/h3-6,11-12,14,16H,1-2,7-10H2,(H,26,27)(H2,20,21,28). The number of aromatic nitrogens is 4. The number of carbonyl (C=O) groups excluding carboxylic acids is 1. The number of aliphatic carboxylic acids is 1. The summed E-state index contributed by atoms with van der Waals surface area (Å²) in [5.41, 5.74) is 1.47. The Morgan fingerprint density at radius 1 is 1.21 bits per heavy atom. The number of anilines is 1. The molecule has 0 bridgehead atoms. The number of tetrazole rings is 1. The average Bonchev–Trinajstić information content (AvgIpc) is 3.27. The Labute approximate surface area is 161 Å². The first kappa shape index (κ1) is 18.4. The van der Waals surface area contributed by atoms with Crippen molar-refractivity contribution < 1.29 is 14.7 Å². The second-order valence-corrected chi connectivity index (χ2v) is 7.49. The van der Waals surface area contributed by atoms with Gasteiger partial charge in [-0.1, -0.05) is 0 Å². The van der Waals surface area contributed by atoms with Gasteiger partial charge < -0.3 is 15.7 Å². The predicted molar refractivity (Wildman–Crippen MR) is 100 cm³/mol. The number of urea groups is 1. The van der Waals surface area contributed by atoms with Gasteiger partial charge in [0.05, 0.1) is 12.2 Å². The summed E-state index contributed by atoms with van der Waals surface area (Å²) in [6.07, 6.45) is 5.45. The van der Waals surface area contributed by atoms with Gasteiger partial charge in [0, 0.05) is 24.3 Å². The fraction of sp³-hybridized carbons (Fsp3) is 0.500. The van der Waals surface area contributed by atoms with Crippen LogP contribution in [-0.4, -0.2) is 67.4 Å². The van der Waals surface area contributed by atoms with Gasteiger partial charge in [0.1, 0.15) is 6.33 Å². The Morgan fingerprint density at radius 2 is 1.96 bits per heavy atom. The number of nitrogens with one attached hydrogen (secondary N) is 2. The van der Waals surface area contributed by atoms with Crippen molar-refractivity contribution in [3.8, 4) is 5.69 Å². The van der Waals surface area contributed by atoms with Gasteiger partial charge in [-0.3, -0.25) is 9.69 Å². The number of carboxylic acids is 1. The molecule has 0 aliphatic heterocycles. The molecule has 2 fully saturated rings. The number of rotatable bonds is 8. The minimum absolute atomic E-state index is 0.0704. The summed E-state index contributed by atoms with van der Waals surface area (Å²) in [6.45, 7) is 0.928. The number of benzene rings is 1. The summed E-state index contributed by atoms with van der Waals surface area (Å²) in [5.74, 6) is -0.147. The van der Waals surface area contributed by atoms with Crippen molar-refractivity contribution in [1.29, 1.82) is 0 Å². The lowest BCUT2D eigenvalue weighted by Crippen LogP contribution is -2.55. The molecular weight excluding hydrogens is 362 g/mol. The minimum atomic E-state index is -0.792. The molecule has 2 saturated carbocycles. The molecule has 148 valence electrons. The molecule has 2 aliphatic rings. The Kier molecular flexibility index (Phi) is 5.20. The molecule has 28 heavy (non-hydrogen) atoms.